The van der Waals surface area contributed by atoms with Gasteiger partial charge in [0.25, 0.3) is 0 Å². The van der Waals surface area contributed by atoms with Gasteiger partial charge in [0.15, 0.2) is 0 Å². The van der Waals surface area contributed by atoms with Gasteiger partial charge in [0.2, 0.25) is 0 Å². The average molecular weight is 273 g/mol. The zero-order valence-electron chi connectivity index (χ0n) is 12.3. The molecule has 0 spiro atoms. The molecule has 0 aromatic heterocycles. The number of carbonyl (C=O) groups excluding carboxylic acids is 1. The third kappa shape index (κ3) is 5.99. The van der Waals surface area contributed by atoms with Gasteiger partial charge in [-0.2, -0.15) is 0 Å². The highest BCUT2D eigenvalue weighted by molar-refractivity contribution is 5.82. The first-order valence-corrected chi connectivity index (χ1v) is 7.10. The second kappa shape index (κ2) is 8.64. The number of hydrogen-bond donors (Lipinski definition) is 1. The maximum Gasteiger partial charge on any atom is 0.138 e. The Hall–Kier alpha value is -0.490. The minimum Gasteiger partial charge on any atom is -0.389 e. The predicted molar refractivity (Wildman–Crippen MR) is 73.1 cm³/mol. The SMILES string of the molecule is CCC1CN(CC(O)COC(C)COC)CCC1=O. The number of aliphatic hydroxyl groups excluding tert-OH is 1. The van der Waals surface area contributed by atoms with Gasteiger partial charge in [0, 0.05) is 39.1 Å². The summed E-state index contributed by atoms with van der Waals surface area (Å²) < 4.78 is 10.5. The summed E-state index contributed by atoms with van der Waals surface area (Å²) in [4.78, 5) is 13.8. The van der Waals surface area contributed by atoms with E-state index in [2.05, 4.69) is 4.90 Å². The Balaban J connectivity index is 2.24. The Morgan fingerprint density at radius 3 is 2.84 bits per heavy atom. The van der Waals surface area contributed by atoms with E-state index in [9.17, 15) is 9.90 Å². The molecule has 5 nitrogen and oxygen atoms in total. The maximum atomic E-state index is 11.6. The van der Waals surface area contributed by atoms with Crippen LogP contribution in [0.3, 0.4) is 0 Å². The number of nitrogens with zero attached hydrogens (tertiary/aromatic N) is 1. The van der Waals surface area contributed by atoms with E-state index in [-0.39, 0.29) is 12.0 Å². The third-order valence-corrected chi connectivity index (χ3v) is 3.54. The molecule has 0 amide bonds. The third-order valence-electron chi connectivity index (χ3n) is 3.54. The van der Waals surface area contributed by atoms with Crippen molar-refractivity contribution in [2.45, 2.75) is 38.9 Å². The molecular formula is C14H27NO4. The summed E-state index contributed by atoms with van der Waals surface area (Å²) in [6.45, 7) is 6.89. The van der Waals surface area contributed by atoms with E-state index in [0.29, 0.717) is 32.0 Å². The van der Waals surface area contributed by atoms with Crippen LogP contribution in [-0.2, 0) is 14.3 Å². The lowest BCUT2D eigenvalue weighted by Crippen LogP contribution is -2.45. The Morgan fingerprint density at radius 2 is 2.21 bits per heavy atom. The fourth-order valence-corrected chi connectivity index (χ4v) is 2.41. The van der Waals surface area contributed by atoms with Crippen molar-refractivity contribution in [3.63, 3.8) is 0 Å². The average Bonchev–Trinajstić information content (AvgIpc) is 2.39. The number of rotatable bonds is 8. The van der Waals surface area contributed by atoms with Crippen LogP contribution in [0.25, 0.3) is 0 Å². The molecule has 0 saturated carbocycles. The van der Waals surface area contributed by atoms with E-state index >= 15 is 0 Å². The van der Waals surface area contributed by atoms with Crippen LogP contribution < -0.4 is 0 Å². The van der Waals surface area contributed by atoms with Gasteiger partial charge in [-0.15, -0.1) is 0 Å². The van der Waals surface area contributed by atoms with Crippen molar-refractivity contribution in [2.24, 2.45) is 5.92 Å². The molecule has 1 heterocycles. The van der Waals surface area contributed by atoms with Crippen molar-refractivity contribution < 1.29 is 19.4 Å². The normalized spacial score (nSPS) is 24.4. The highest BCUT2D eigenvalue weighted by Crippen LogP contribution is 2.16. The highest BCUT2D eigenvalue weighted by Gasteiger charge is 2.26. The van der Waals surface area contributed by atoms with Gasteiger partial charge in [0.05, 0.1) is 25.4 Å². The van der Waals surface area contributed by atoms with Crippen LogP contribution in [0.1, 0.15) is 26.7 Å². The van der Waals surface area contributed by atoms with Gasteiger partial charge in [0.1, 0.15) is 5.78 Å². The topological polar surface area (TPSA) is 59.0 Å². The number of likely N-dealkylation sites (tertiary alicyclic amines) is 1. The number of ether oxygens (including phenoxy) is 2. The van der Waals surface area contributed by atoms with Gasteiger partial charge < -0.3 is 14.6 Å². The molecule has 5 heteroatoms. The first kappa shape index (κ1) is 16.6. The van der Waals surface area contributed by atoms with Crippen LogP contribution in [0.4, 0.5) is 0 Å². The van der Waals surface area contributed by atoms with E-state index in [0.717, 1.165) is 19.5 Å². The monoisotopic (exact) mass is 273 g/mol. The van der Waals surface area contributed by atoms with Crippen molar-refractivity contribution >= 4 is 5.78 Å². The zero-order valence-corrected chi connectivity index (χ0v) is 12.3. The number of β-amino-alcohol motifs (C(OH)–C–C–N with tert-alkyl or cyclic N) is 1. The van der Waals surface area contributed by atoms with Crippen molar-refractivity contribution in [3.8, 4) is 0 Å². The lowest BCUT2D eigenvalue weighted by Gasteiger charge is -2.32. The molecule has 0 radical (unpaired) electrons. The Kier molecular flexibility index (Phi) is 7.53. The highest BCUT2D eigenvalue weighted by atomic mass is 16.5. The minimum absolute atomic E-state index is 0.00836. The fourth-order valence-electron chi connectivity index (χ4n) is 2.41. The predicted octanol–water partition coefficient (Wildman–Crippen LogP) is 0.700. The van der Waals surface area contributed by atoms with Gasteiger partial charge in [-0.05, 0) is 13.3 Å². The van der Waals surface area contributed by atoms with Crippen LogP contribution in [0, 0.1) is 5.92 Å². The van der Waals surface area contributed by atoms with Crippen LogP contribution in [-0.4, -0.2) is 68.0 Å². The molecule has 3 unspecified atom stereocenters. The van der Waals surface area contributed by atoms with E-state index < -0.39 is 6.10 Å². The summed E-state index contributed by atoms with van der Waals surface area (Å²) >= 11 is 0. The van der Waals surface area contributed by atoms with Crippen LogP contribution in [0.2, 0.25) is 0 Å². The van der Waals surface area contributed by atoms with E-state index in [1.165, 1.54) is 0 Å². The molecule has 19 heavy (non-hydrogen) atoms. The molecule has 1 N–H and O–H groups in total. The first-order chi connectivity index (χ1) is 9.06. The number of Topliss-reactive ketones (excluding diaryl/α,β-unsaturated/α-hetero) is 1. The molecule has 3 atom stereocenters. The van der Waals surface area contributed by atoms with Crippen molar-refractivity contribution in [2.75, 3.05) is 40.0 Å². The molecule has 0 aromatic rings. The molecule has 0 aromatic carbocycles. The van der Waals surface area contributed by atoms with Gasteiger partial charge in [-0.25, -0.2) is 0 Å². The lowest BCUT2D eigenvalue weighted by atomic mass is 9.94. The number of aliphatic hydroxyl groups is 1. The van der Waals surface area contributed by atoms with E-state index in [4.69, 9.17) is 9.47 Å². The quantitative estimate of drug-likeness (QED) is 0.705. The number of hydrogen-bond acceptors (Lipinski definition) is 5. The molecule has 1 aliphatic heterocycles. The summed E-state index contributed by atoms with van der Waals surface area (Å²) in [7, 11) is 1.63. The fraction of sp³-hybridized carbons (Fsp3) is 0.929. The first-order valence-electron chi connectivity index (χ1n) is 7.10. The second-order valence-electron chi connectivity index (χ2n) is 5.33. The number of carbonyl (C=O) groups is 1. The second-order valence-corrected chi connectivity index (χ2v) is 5.33. The molecule has 1 rings (SSSR count). The summed E-state index contributed by atoms with van der Waals surface area (Å²) in [5, 5.41) is 9.95. The summed E-state index contributed by atoms with van der Waals surface area (Å²) in [6.07, 6.45) is 0.967. The molecule has 0 aliphatic carbocycles. The van der Waals surface area contributed by atoms with Gasteiger partial charge in [-0.3, -0.25) is 9.69 Å². The molecule has 1 saturated heterocycles. The molecule has 112 valence electrons. The van der Waals surface area contributed by atoms with Gasteiger partial charge in [-0.1, -0.05) is 6.92 Å². The van der Waals surface area contributed by atoms with E-state index in [1.54, 1.807) is 7.11 Å². The van der Waals surface area contributed by atoms with Crippen LogP contribution >= 0.6 is 0 Å². The molecule has 1 fully saturated rings. The van der Waals surface area contributed by atoms with Crippen molar-refractivity contribution in [3.05, 3.63) is 0 Å². The lowest BCUT2D eigenvalue weighted by molar-refractivity contribution is -0.127. The van der Waals surface area contributed by atoms with Crippen molar-refractivity contribution in [1.82, 2.24) is 4.90 Å². The Labute approximate surface area is 115 Å². The maximum absolute atomic E-state index is 11.6. The molecular weight excluding hydrogens is 246 g/mol. The summed E-state index contributed by atoms with van der Waals surface area (Å²) in [5.74, 6) is 0.493. The molecule has 1 aliphatic rings. The van der Waals surface area contributed by atoms with Crippen LogP contribution in [0.15, 0.2) is 0 Å². The van der Waals surface area contributed by atoms with Crippen molar-refractivity contribution in [1.29, 1.82) is 0 Å². The van der Waals surface area contributed by atoms with E-state index in [1.807, 2.05) is 13.8 Å². The Morgan fingerprint density at radius 1 is 1.47 bits per heavy atom. The minimum atomic E-state index is -0.509. The number of piperidine rings is 1. The standard InChI is InChI=1S/C14H27NO4/c1-4-12-7-15(6-5-14(12)17)8-13(16)10-19-11(2)9-18-3/h11-13,16H,4-10H2,1-3H3. The number of methoxy groups -OCH3 is 1. The summed E-state index contributed by atoms with van der Waals surface area (Å²) in [6, 6.07) is 0. The number of ketones is 1. The molecule has 0 bridgehead atoms. The summed E-state index contributed by atoms with van der Waals surface area (Å²) in [5.41, 5.74) is 0. The Bertz CT molecular complexity index is 272. The van der Waals surface area contributed by atoms with Crippen LogP contribution in [0.5, 0.6) is 0 Å². The largest absolute Gasteiger partial charge is 0.389 e. The smallest absolute Gasteiger partial charge is 0.138 e. The van der Waals surface area contributed by atoms with Gasteiger partial charge >= 0.3 is 0 Å². The zero-order chi connectivity index (χ0) is 14.3.